The van der Waals surface area contributed by atoms with Gasteiger partial charge < -0.3 is 15.0 Å². The van der Waals surface area contributed by atoms with E-state index in [9.17, 15) is 8.42 Å². The lowest BCUT2D eigenvalue weighted by atomic mass is 9.91. The van der Waals surface area contributed by atoms with Crippen molar-refractivity contribution >= 4 is 15.5 Å². The number of likely N-dealkylation sites (N-methyl/N-ethyl adjacent to an activating group) is 1. The van der Waals surface area contributed by atoms with Crippen LogP contribution in [0, 0.1) is 0 Å². The molecule has 2 heterocycles. The van der Waals surface area contributed by atoms with Gasteiger partial charge in [-0.2, -0.15) is 0 Å². The predicted molar refractivity (Wildman–Crippen MR) is 102 cm³/mol. The van der Waals surface area contributed by atoms with Crippen molar-refractivity contribution in [1.29, 1.82) is 0 Å². The fourth-order valence-electron chi connectivity index (χ4n) is 4.24. The number of hydrogen-bond acceptors (Lipinski definition) is 5. The molecule has 2 aliphatic rings. The minimum Gasteiger partial charge on any atom is -0.497 e. The van der Waals surface area contributed by atoms with E-state index in [1.165, 1.54) is 0 Å². The fourth-order valence-corrected chi connectivity index (χ4v) is 5.54. The van der Waals surface area contributed by atoms with E-state index in [1.54, 1.807) is 37.4 Å². The van der Waals surface area contributed by atoms with Gasteiger partial charge in [-0.25, -0.2) is 8.42 Å². The van der Waals surface area contributed by atoms with Gasteiger partial charge in [-0.1, -0.05) is 0 Å². The average molecular weight is 372 g/mol. The molecule has 4 rings (SSSR count). The number of hydrogen-bond donors (Lipinski definition) is 1. The molecule has 2 aromatic rings. The first-order valence-electron chi connectivity index (χ1n) is 8.99. The summed E-state index contributed by atoms with van der Waals surface area (Å²) in [5.41, 5.74) is 2.33. The minimum atomic E-state index is -3.54. The van der Waals surface area contributed by atoms with E-state index in [0.717, 1.165) is 37.2 Å². The first-order chi connectivity index (χ1) is 12.5. The van der Waals surface area contributed by atoms with E-state index in [0.29, 0.717) is 27.5 Å². The van der Waals surface area contributed by atoms with Gasteiger partial charge >= 0.3 is 0 Å². The molecule has 0 spiro atoms. The highest BCUT2D eigenvalue weighted by molar-refractivity contribution is 7.91. The Morgan fingerprint density at radius 3 is 2.46 bits per heavy atom. The zero-order valence-corrected chi connectivity index (χ0v) is 15.9. The van der Waals surface area contributed by atoms with E-state index < -0.39 is 9.84 Å². The monoisotopic (exact) mass is 372 g/mol. The van der Waals surface area contributed by atoms with E-state index in [-0.39, 0.29) is 0 Å². The molecular formula is C20H24N2O3S. The van der Waals surface area contributed by atoms with Crippen LogP contribution in [0.2, 0.25) is 0 Å². The molecule has 0 unspecified atom stereocenters. The summed E-state index contributed by atoms with van der Waals surface area (Å²) in [6.45, 7) is 1.99. The number of fused-ring (bicyclic) bond motifs is 3. The van der Waals surface area contributed by atoms with Crippen LogP contribution in [-0.2, 0) is 9.84 Å². The van der Waals surface area contributed by atoms with Crippen molar-refractivity contribution in [2.45, 2.75) is 34.6 Å². The highest BCUT2D eigenvalue weighted by atomic mass is 32.2. The van der Waals surface area contributed by atoms with Crippen molar-refractivity contribution in [3.05, 3.63) is 48.0 Å². The summed E-state index contributed by atoms with van der Waals surface area (Å²) in [6.07, 6.45) is 2.12. The first kappa shape index (κ1) is 17.4. The van der Waals surface area contributed by atoms with E-state index in [4.69, 9.17) is 4.74 Å². The number of nitrogens with zero attached hydrogens (tertiary/aromatic N) is 1. The second kappa shape index (κ2) is 6.59. The molecule has 6 heteroatoms. The van der Waals surface area contributed by atoms with E-state index >= 15 is 0 Å². The van der Waals surface area contributed by atoms with Gasteiger partial charge in [0.2, 0.25) is 9.84 Å². The Hall–Kier alpha value is -2.05. The number of sulfone groups is 1. The zero-order valence-electron chi connectivity index (χ0n) is 15.1. The van der Waals surface area contributed by atoms with Gasteiger partial charge in [0.1, 0.15) is 5.75 Å². The van der Waals surface area contributed by atoms with Crippen LogP contribution in [0.25, 0.3) is 0 Å². The van der Waals surface area contributed by atoms with Crippen molar-refractivity contribution in [3.8, 4) is 5.75 Å². The average Bonchev–Trinajstić information content (AvgIpc) is 2.83. The maximum Gasteiger partial charge on any atom is 0.206 e. The molecule has 2 atom stereocenters. The Bertz CT molecular complexity index is 909. The van der Waals surface area contributed by atoms with Gasteiger partial charge in [-0.15, -0.1) is 0 Å². The molecule has 2 aromatic carbocycles. The standard InChI is InChI=1S/C20H24N2O3S/c1-22-19-8-7-16(13-18(19)17-9-11-21-12-10-20(17)22)26(23,24)15-5-3-14(25-2)4-6-15/h3-8,13,17,20-21H,9-12H2,1-2H3/t17-,20+/m1/s1. The van der Waals surface area contributed by atoms with Crippen molar-refractivity contribution in [3.63, 3.8) is 0 Å². The fraction of sp³-hybridized carbons (Fsp3) is 0.400. The summed E-state index contributed by atoms with van der Waals surface area (Å²) < 4.78 is 31.3. The number of benzene rings is 2. The molecular weight excluding hydrogens is 348 g/mol. The third-order valence-corrected chi connectivity index (χ3v) is 7.44. The molecule has 138 valence electrons. The summed E-state index contributed by atoms with van der Waals surface area (Å²) in [5, 5.41) is 3.45. The molecule has 1 fully saturated rings. The quantitative estimate of drug-likeness (QED) is 0.898. The molecule has 26 heavy (non-hydrogen) atoms. The highest BCUT2D eigenvalue weighted by Gasteiger charge is 2.37. The zero-order chi connectivity index (χ0) is 18.3. The van der Waals surface area contributed by atoms with Crippen LogP contribution >= 0.6 is 0 Å². The van der Waals surface area contributed by atoms with Crippen LogP contribution < -0.4 is 15.0 Å². The summed E-state index contributed by atoms with van der Waals surface area (Å²) >= 11 is 0. The first-order valence-corrected chi connectivity index (χ1v) is 10.5. The number of ether oxygens (including phenoxy) is 1. The van der Waals surface area contributed by atoms with Gasteiger partial charge in [0.05, 0.1) is 16.9 Å². The Morgan fingerprint density at radius 1 is 1.04 bits per heavy atom. The van der Waals surface area contributed by atoms with Crippen LogP contribution in [0.1, 0.15) is 24.3 Å². The lowest BCUT2D eigenvalue weighted by molar-refractivity contribution is 0.414. The molecule has 1 N–H and O–H groups in total. The summed E-state index contributed by atoms with van der Waals surface area (Å²) in [6, 6.07) is 12.6. The molecule has 0 saturated carbocycles. The van der Waals surface area contributed by atoms with Gasteiger partial charge in [-0.05, 0) is 74.0 Å². The third kappa shape index (κ3) is 2.77. The molecule has 1 saturated heterocycles. The molecule has 0 aliphatic carbocycles. The highest BCUT2D eigenvalue weighted by Crippen LogP contribution is 2.44. The van der Waals surface area contributed by atoms with Crippen LogP contribution in [0.15, 0.2) is 52.3 Å². The lowest BCUT2D eigenvalue weighted by Gasteiger charge is -2.24. The summed E-state index contributed by atoms with van der Waals surface area (Å²) in [5.74, 6) is 1.03. The van der Waals surface area contributed by atoms with Crippen LogP contribution in [-0.4, -0.2) is 41.7 Å². The van der Waals surface area contributed by atoms with Gasteiger partial charge in [0.25, 0.3) is 0 Å². The largest absolute Gasteiger partial charge is 0.497 e. The number of nitrogens with one attached hydrogen (secondary N) is 1. The number of rotatable bonds is 3. The topological polar surface area (TPSA) is 58.6 Å². The Balaban J connectivity index is 1.74. The molecule has 2 aliphatic heterocycles. The van der Waals surface area contributed by atoms with Crippen LogP contribution in [0.4, 0.5) is 5.69 Å². The summed E-state index contributed by atoms with van der Waals surface area (Å²) in [4.78, 5) is 2.98. The Labute approximate surface area is 154 Å². The van der Waals surface area contributed by atoms with Crippen molar-refractivity contribution < 1.29 is 13.2 Å². The maximum atomic E-state index is 13.1. The molecule has 0 bridgehead atoms. The van der Waals surface area contributed by atoms with Gasteiger partial charge in [-0.3, -0.25) is 0 Å². The van der Waals surface area contributed by atoms with Crippen LogP contribution in [0.3, 0.4) is 0 Å². The minimum absolute atomic E-state index is 0.295. The molecule has 0 aromatic heterocycles. The normalized spacial score (nSPS) is 22.5. The maximum absolute atomic E-state index is 13.1. The lowest BCUT2D eigenvalue weighted by Crippen LogP contribution is -2.30. The third-order valence-electron chi connectivity index (χ3n) is 5.67. The van der Waals surface area contributed by atoms with Crippen molar-refractivity contribution in [2.75, 3.05) is 32.1 Å². The molecule has 0 radical (unpaired) electrons. The second-order valence-corrected chi connectivity index (χ2v) is 8.96. The summed E-state index contributed by atoms with van der Waals surface area (Å²) in [7, 11) is 0.146. The molecule has 0 amide bonds. The number of anilines is 1. The van der Waals surface area contributed by atoms with Gasteiger partial charge in [0, 0.05) is 24.7 Å². The smallest absolute Gasteiger partial charge is 0.206 e. The van der Waals surface area contributed by atoms with Crippen LogP contribution in [0.5, 0.6) is 5.75 Å². The Morgan fingerprint density at radius 2 is 1.73 bits per heavy atom. The van der Waals surface area contributed by atoms with E-state index in [1.807, 2.05) is 12.1 Å². The van der Waals surface area contributed by atoms with Crippen molar-refractivity contribution in [2.24, 2.45) is 0 Å². The number of methoxy groups -OCH3 is 1. The van der Waals surface area contributed by atoms with Gasteiger partial charge in [0.15, 0.2) is 0 Å². The predicted octanol–water partition coefficient (Wildman–Crippen LogP) is 2.81. The SMILES string of the molecule is COc1ccc(S(=O)(=O)c2ccc3c(c2)[C@H]2CCNCC[C@@H]2N3C)cc1. The second-order valence-electron chi connectivity index (χ2n) is 7.01. The Kier molecular flexibility index (Phi) is 4.40. The van der Waals surface area contributed by atoms with Crippen molar-refractivity contribution in [1.82, 2.24) is 5.32 Å². The molecule has 5 nitrogen and oxygen atoms in total. The van der Waals surface area contributed by atoms with E-state index in [2.05, 4.69) is 17.3 Å².